The van der Waals surface area contributed by atoms with Gasteiger partial charge in [0.2, 0.25) is 0 Å². The number of aromatic nitrogens is 4. The lowest BCUT2D eigenvalue weighted by Gasteiger charge is -2.08. The van der Waals surface area contributed by atoms with Crippen LogP contribution < -0.4 is 5.45 Å². The van der Waals surface area contributed by atoms with Crippen LogP contribution in [0.2, 0.25) is 19.6 Å². The van der Waals surface area contributed by atoms with E-state index in [9.17, 15) is 10.1 Å². The topological polar surface area (TPSA) is 86.7 Å². The minimum absolute atomic E-state index is 0.0208. The Hall–Kier alpha value is -2.09. The van der Waals surface area contributed by atoms with Gasteiger partial charge in [-0.2, -0.15) is 0 Å². The molecule has 0 N–H and O–H groups in total. The minimum Gasteiger partial charge on any atom is -0.258 e. The van der Waals surface area contributed by atoms with Crippen LogP contribution in [-0.4, -0.2) is 33.2 Å². The summed E-state index contributed by atoms with van der Waals surface area (Å²) < 4.78 is 0. The van der Waals surface area contributed by atoms with Crippen LogP contribution in [-0.2, 0) is 0 Å². The van der Waals surface area contributed by atoms with E-state index in [1.54, 1.807) is 6.07 Å². The molecule has 0 aliphatic rings. The Morgan fingerprint density at radius 1 is 1.32 bits per heavy atom. The molecule has 0 radical (unpaired) electrons. The van der Waals surface area contributed by atoms with Crippen LogP contribution in [0.4, 0.5) is 5.69 Å². The smallest absolute Gasteiger partial charge is 0.258 e. The van der Waals surface area contributed by atoms with Crippen molar-refractivity contribution in [3.05, 3.63) is 33.9 Å². The van der Waals surface area contributed by atoms with Crippen LogP contribution in [0, 0.1) is 17.0 Å². The lowest BCUT2D eigenvalue weighted by molar-refractivity contribution is -0.384. The summed E-state index contributed by atoms with van der Waals surface area (Å²) in [5.41, 5.74) is 2.21. The monoisotopic (exact) mass is 277 g/mol. The molecular formula is C11H15N5O2Si. The van der Waals surface area contributed by atoms with Crippen molar-refractivity contribution in [3.8, 4) is 5.69 Å². The van der Waals surface area contributed by atoms with Crippen LogP contribution >= 0.6 is 0 Å². The van der Waals surface area contributed by atoms with E-state index in [2.05, 4.69) is 35.1 Å². The van der Waals surface area contributed by atoms with Gasteiger partial charge in [-0.15, -0.1) is 15.0 Å². The van der Waals surface area contributed by atoms with Crippen molar-refractivity contribution in [2.75, 3.05) is 0 Å². The first-order valence-electron chi connectivity index (χ1n) is 5.85. The zero-order valence-corrected chi connectivity index (χ0v) is 12.3. The minimum atomic E-state index is -1.64. The van der Waals surface area contributed by atoms with Gasteiger partial charge < -0.3 is 0 Å². The van der Waals surface area contributed by atoms with Gasteiger partial charge in [0.15, 0.2) is 5.45 Å². The van der Waals surface area contributed by atoms with Gasteiger partial charge in [-0.05, 0) is 17.7 Å². The van der Waals surface area contributed by atoms with Crippen LogP contribution in [0.25, 0.3) is 5.69 Å². The number of nitrogens with zero attached hydrogens (tertiary/aromatic N) is 5. The van der Waals surface area contributed by atoms with Crippen molar-refractivity contribution in [3.63, 3.8) is 0 Å². The number of hydrogen-bond donors (Lipinski definition) is 0. The van der Waals surface area contributed by atoms with Crippen molar-refractivity contribution in [1.29, 1.82) is 0 Å². The Morgan fingerprint density at radius 3 is 2.53 bits per heavy atom. The predicted octanol–water partition coefficient (Wildman–Crippen LogP) is 1.42. The second-order valence-electron chi connectivity index (χ2n) is 5.38. The molecule has 0 saturated carbocycles. The third kappa shape index (κ3) is 2.68. The summed E-state index contributed by atoms with van der Waals surface area (Å²) in [4.78, 5) is 11.7. The first kappa shape index (κ1) is 13.3. The summed E-state index contributed by atoms with van der Waals surface area (Å²) in [6, 6.07) is 4.62. The van der Waals surface area contributed by atoms with Crippen LogP contribution in [0.15, 0.2) is 18.2 Å². The Labute approximate surface area is 111 Å². The molecule has 0 unspecified atom stereocenters. The first-order valence-corrected chi connectivity index (χ1v) is 9.35. The largest absolute Gasteiger partial charge is 0.271 e. The highest BCUT2D eigenvalue weighted by atomic mass is 28.3. The molecule has 0 bridgehead atoms. The molecule has 1 aromatic heterocycles. The Balaban J connectivity index is 2.49. The molecule has 100 valence electrons. The van der Waals surface area contributed by atoms with Crippen LogP contribution in [0.5, 0.6) is 0 Å². The fourth-order valence-electron chi connectivity index (χ4n) is 1.54. The lowest BCUT2D eigenvalue weighted by atomic mass is 10.2. The van der Waals surface area contributed by atoms with Gasteiger partial charge in [0, 0.05) is 12.1 Å². The Bertz CT molecular complexity index is 632. The van der Waals surface area contributed by atoms with Crippen molar-refractivity contribution >= 4 is 19.2 Å². The second-order valence-corrected chi connectivity index (χ2v) is 10.3. The third-order valence-electron chi connectivity index (χ3n) is 2.70. The standard InChI is InChI=1S/C11H15N5O2Si/c1-8-5-6-9(16(17)18)7-10(8)15-13-11(12-14-15)19(2,3)4/h5-7H,1-4H3. The zero-order valence-electron chi connectivity index (χ0n) is 11.3. The number of hydrogen-bond acceptors (Lipinski definition) is 5. The lowest BCUT2D eigenvalue weighted by Crippen LogP contribution is -2.41. The van der Waals surface area contributed by atoms with Crippen LogP contribution in [0.3, 0.4) is 0 Å². The van der Waals surface area contributed by atoms with Gasteiger partial charge in [0.25, 0.3) is 5.69 Å². The molecule has 2 aromatic rings. The quantitative estimate of drug-likeness (QED) is 0.481. The summed E-state index contributed by atoms with van der Waals surface area (Å²) in [6.45, 7) is 8.22. The van der Waals surface area contributed by atoms with Gasteiger partial charge in [0.1, 0.15) is 8.07 Å². The Kier molecular flexibility index (Phi) is 3.19. The molecule has 0 aliphatic carbocycles. The zero-order chi connectivity index (χ0) is 14.2. The molecule has 0 aliphatic heterocycles. The molecule has 7 nitrogen and oxygen atoms in total. The molecule has 19 heavy (non-hydrogen) atoms. The average Bonchev–Trinajstić information content (AvgIpc) is 2.78. The fraction of sp³-hybridized carbons (Fsp3) is 0.364. The predicted molar refractivity (Wildman–Crippen MR) is 73.5 cm³/mol. The Morgan fingerprint density at radius 2 is 2.00 bits per heavy atom. The van der Waals surface area contributed by atoms with E-state index in [0.29, 0.717) is 5.69 Å². The van der Waals surface area contributed by atoms with Gasteiger partial charge in [0.05, 0.1) is 10.6 Å². The fourth-order valence-corrected chi connectivity index (χ4v) is 2.28. The maximum absolute atomic E-state index is 10.8. The summed E-state index contributed by atoms with van der Waals surface area (Å²) >= 11 is 0. The van der Waals surface area contributed by atoms with E-state index in [0.717, 1.165) is 11.0 Å². The molecule has 0 amide bonds. The molecular weight excluding hydrogens is 262 g/mol. The highest BCUT2D eigenvalue weighted by Gasteiger charge is 2.23. The first-order chi connectivity index (χ1) is 8.79. The summed E-state index contributed by atoms with van der Waals surface area (Å²) in [7, 11) is -1.64. The number of nitro groups is 1. The van der Waals surface area contributed by atoms with E-state index < -0.39 is 13.0 Å². The number of benzene rings is 1. The number of aryl methyl sites for hydroxylation is 1. The molecule has 0 atom stereocenters. The van der Waals surface area contributed by atoms with Gasteiger partial charge in [-0.3, -0.25) is 10.1 Å². The SMILES string of the molecule is Cc1ccc([N+](=O)[O-])cc1-n1nnc([Si](C)(C)C)n1. The van der Waals surface area contributed by atoms with E-state index in [1.165, 1.54) is 16.9 Å². The molecule has 0 fully saturated rings. The number of rotatable bonds is 3. The molecule has 8 heteroatoms. The molecule has 2 rings (SSSR count). The van der Waals surface area contributed by atoms with Crippen molar-refractivity contribution in [1.82, 2.24) is 20.2 Å². The van der Waals surface area contributed by atoms with E-state index in [-0.39, 0.29) is 5.69 Å². The normalized spacial score (nSPS) is 11.6. The molecule has 1 heterocycles. The second kappa shape index (κ2) is 4.54. The highest BCUT2D eigenvalue weighted by molar-refractivity contribution is 6.87. The third-order valence-corrected chi connectivity index (χ3v) is 4.25. The number of nitro benzene ring substituents is 1. The number of tetrazole rings is 1. The van der Waals surface area contributed by atoms with Crippen molar-refractivity contribution < 1.29 is 4.92 Å². The number of non-ortho nitro benzene ring substituents is 1. The molecule has 0 spiro atoms. The van der Waals surface area contributed by atoms with Crippen LogP contribution in [0.1, 0.15) is 5.56 Å². The van der Waals surface area contributed by atoms with Crippen molar-refractivity contribution in [2.45, 2.75) is 26.6 Å². The van der Waals surface area contributed by atoms with E-state index >= 15 is 0 Å². The molecule has 0 saturated heterocycles. The molecule has 1 aromatic carbocycles. The van der Waals surface area contributed by atoms with Gasteiger partial charge in [-0.1, -0.05) is 25.7 Å². The maximum atomic E-state index is 10.8. The van der Waals surface area contributed by atoms with Gasteiger partial charge in [-0.25, -0.2) is 0 Å². The highest BCUT2D eigenvalue weighted by Crippen LogP contribution is 2.19. The summed E-state index contributed by atoms with van der Waals surface area (Å²) in [6.07, 6.45) is 0. The maximum Gasteiger partial charge on any atom is 0.271 e. The summed E-state index contributed by atoms with van der Waals surface area (Å²) in [5, 5.41) is 23.2. The van der Waals surface area contributed by atoms with E-state index in [4.69, 9.17) is 0 Å². The van der Waals surface area contributed by atoms with Gasteiger partial charge >= 0.3 is 0 Å². The van der Waals surface area contributed by atoms with E-state index in [1.807, 2.05) is 6.92 Å². The average molecular weight is 277 g/mol. The summed E-state index contributed by atoms with van der Waals surface area (Å²) in [5.74, 6) is 0. The van der Waals surface area contributed by atoms with Crippen molar-refractivity contribution in [2.24, 2.45) is 0 Å².